The fourth-order valence-electron chi connectivity index (χ4n) is 4.87. The zero-order valence-electron chi connectivity index (χ0n) is 11.7. The van der Waals surface area contributed by atoms with Gasteiger partial charge in [0.25, 0.3) is 0 Å². The van der Waals surface area contributed by atoms with Gasteiger partial charge in [0, 0.05) is 0 Å². The Kier molecular flexibility index (Phi) is 2.51. The molecule has 3 atom stereocenters. The molecule has 0 aromatic rings. The van der Waals surface area contributed by atoms with Gasteiger partial charge in [-0.25, -0.2) is 8.42 Å². The molecule has 3 rings (SSSR count). The van der Waals surface area contributed by atoms with Gasteiger partial charge in [0.1, 0.15) is 5.88 Å². The van der Waals surface area contributed by atoms with Crippen LogP contribution in [-0.4, -0.2) is 35.9 Å². The highest BCUT2D eigenvalue weighted by molar-refractivity contribution is 7.93. The second-order valence-electron chi connectivity index (χ2n) is 6.65. The number of carbonyl (C=O) groups excluding carboxylic acids is 1. The van der Waals surface area contributed by atoms with Gasteiger partial charge in [-0.1, -0.05) is 19.9 Å². The van der Waals surface area contributed by atoms with E-state index in [1.54, 1.807) is 17.9 Å². The average Bonchev–Trinajstić information content (AvgIpc) is 2.82. The maximum atomic E-state index is 12.7. The van der Waals surface area contributed by atoms with E-state index in [9.17, 15) is 13.2 Å². The summed E-state index contributed by atoms with van der Waals surface area (Å²) in [6, 6.07) is -0.116. The summed E-state index contributed by atoms with van der Waals surface area (Å²) < 4.78 is 24.8. The van der Waals surface area contributed by atoms with Gasteiger partial charge in [0.15, 0.2) is 9.84 Å². The molecular formula is C14H21NO3S. The molecule has 5 heteroatoms. The third-order valence-electron chi connectivity index (χ3n) is 5.85. The van der Waals surface area contributed by atoms with Crippen molar-refractivity contribution in [2.75, 3.05) is 5.88 Å². The number of nitrogens with zero attached hydrogens (tertiary/aromatic N) is 1. The van der Waals surface area contributed by atoms with Gasteiger partial charge in [-0.2, -0.15) is 0 Å². The Bertz CT molecular complexity index is 563. The molecule has 0 aromatic carbocycles. The highest BCUT2D eigenvalue weighted by atomic mass is 32.2. The highest BCUT2D eigenvalue weighted by Gasteiger charge is 2.75. The van der Waals surface area contributed by atoms with E-state index in [1.165, 1.54) is 6.08 Å². The Labute approximate surface area is 114 Å². The van der Waals surface area contributed by atoms with Crippen molar-refractivity contribution in [3.63, 3.8) is 0 Å². The number of allylic oxidation sites excluding steroid dienone is 1. The molecule has 3 aliphatic rings. The van der Waals surface area contributed by atoms with Crippen LogP contribution >= 0.6 is 0 Å². The minimum absolute atomic E-state index is 0.100. The van der Waals surface area contributed by atoms with Crippen molar-refractivity contribution in [1.82, 2.24) is 4.90 Å². The number of sulfone groups is 1. The molecule has 0 N–H and O–H groups in total. The van der Waals surface area contributed by atoms with Crippen molar-refractivity contribution in [2.24, 2.45) is 11.3 Å². The van der Waals surface area contributed by atoms with Crippen LogP contribution < -0.4 is 0 Å². The Morgan fingerprint density at radius 2 is 2.05 bits per heavy atom. The third kappa shape index (κ3) is 1.30. The summed E-state index contributed by atoms with van der Waals surface area (Å²) in [5.41, 5.74) is -0.207. The molecule has 2 bridgehead atoms. The summed E-state index contributed by atoms with van der Waals surface area (Å²) in [5, 5.41) is 0. The number of amides is 1. The summed E-state index contributed by atoms with van der Waals surface area (Å²) >= 11 is 0. The number of carbonyl (C=O) groups is 1. The minimum Gasteiger partial charge on any atom is -0.320 e. The number of rotatable bonds is 1. The topological polar surface area (TPSA) is 54.5 Å². The first-order valence-corrected chi connectivity index (χ1v) is 8.59. The summed E-state index contributed by atoms with van der Waals surface area (Å²) in [6.45, 7) is 5.93. The molecule has 1 aliphatic heterocycles. The fourth-order valence-corrected chi connectivity index (χ4v) is 7.81. The first-order chi connectivity index (χ1) is 8.78. The van der Waals surface area contributed by atoms with Crippen LogP contribution in [0.3, 0.4) is 0 Å². The van der Waals surface area contributed by atoms with Crippen molar-refractivity contribution in [3.8, 4) is 0 Å². The van der Waals surface area contributed by atoms with Gasteiger partial charge in [-0.3, -0.25) is 4.79 Å². The van der Waals surface area contributed by atoms with E-state index in [0.29, 0.717) is 5.92 Å². The fraction of sp³-hybridized carbons (Fsp3) is 0.786. The zero-order valence-corrected chi connectivity index (χ0v) is 12.5. The first-order valence-electron chi connectivity index (χ1n) is 6.93. The Morgan fingerprint density at radius 1 is 1.37 bits per heavy atom. The van der Waals surface area contributed by atoms with Crippen molar-refractivity contribution in [3.05, 3.63) is 12.2 Å². The monoisotopic (exact) mass is 283 g/mol. The Balaban J connectivity index is 2.11. The Morgan fingerprint density at radius 3 is 2.63 bits per heavy atom. The van der Waals surface area contributed by atoms with Gasteiger partial charge in [0.05, 0.1) is 10.8 Å². The van der Waals surface area contributed by atoms with Crippen LogP contribution in [0.4, 0.5) is 0 Å². The summed E-state index contributed by atoms with van der Waals surface area (Å²) in [4.78, 5) is 13.7. The van der Waals surface area contributed by atoms with E-state index in [1.807, 2.05) is 0 Å². The van der Waals surface area contributed by atoms with Gasteiger partial charge < -0.3 is 4.90 Å². The first kappa shape index (κ1) is 13.2. The quantitative estimate of drug-likeness (QED) is 0.689. The van der Waals surface area contributed by atoms with Crippen molar-refractivity contribution >= 4 is 15.7 Å². The molecule has 3 fully saturated rings. The lowest BCUT2D eigenvalue weighted by molar-refractivity contribution is -0.127. The van der Waals surface area contributed by atoms with Gasteiger partial charge in [-0.15, -0.1) is 0 Å². The summed E-state index contributed by atoms with van der Waals surface area (Å²) in [7, 11) is -3.24. The molecule has 1 amide bonds. The summed E-state index contributed by atoms with van der Waals surface area (Å²) in [6.07, 6.45) is 5.70. The van der Waals surface area contributed by atoms with Crippen LogP contribution in [0, 0.1) is 11.3 Å². The van der Waals surface area contributed by atoms with Crippen LogP contribution in [0.15, 0.2) is 12.2 Å². The van der Waals surface area contributed by atoms with E-state index >= 15 is 0 Å². The molecule has 1 spiro atoms. The predicted octanol–water partition coefficient (Wildman–Crippen LogP) is 1.72. The molecule has 1 saturated heterocycles. The lowest BCUT2D eigenvalue weighted by Crippen LogP contribution is -2.50. The standard InChI is InChI=1S/C14H21NO3S/c1-4-5-12(16)15-9-19(17,18)14-7-6-10(8-11(14)15)13(14,2)3/h4-5,10-11H,6-9H2,1-3H3/b5-4+. The molecule has 106 valence electrons. The predicted molar refractivity (Wildman–Crippen MR) is 73.1 cm³/mol. The lowest BCUT2D eigenvalue weighted by Gasteiger charge is -2.36. The normalized spacial score (nSPS) is 41.9. The molecule has 3 unspecified atom stereocenters. The Hall–Kier alpha value is -0.840. The molecule has 1 heterocycles. The molecule has 0 radical (unpaired) electrons. The maximum Gasteiger partial charge on any atom is 0.247 e. The molecule has 4 nitrogen and oxygen atoms in total. The van der Waals surface area contributed by atoms with Crippen molar-refractivity contribution in [2.45, 2.75) is 50.8 Å². The largest absolute Gasteiger partial charge is 0.320 e. The number of hydrogen-bond acceptors (Lipinski definition) is 3. The summed E-state index contributed by atoms with van der Waals surface area (Å²) in [5.74, 6) is 0.168. The number of hydrogen-bond donors (Lipinski definition) is 0. The molecule has 0 aromatic heterocycles. The van der Waals surface area contributed by atoms with Crippen LogP contribution in [-0.2, 0) is 14.6 Å². The zero-order chi connectivity index (χ0) is 14.1. The van der Waals surface area contributed by atoms with E-state index in [0.717, 1.165) is 19.3 Å². The molecule has 2 saturated carbocycles. The van der Waals surface area contributed by atoms with Crippen LogP contribution in [0.25, 0.3) is 0 Å². The van der Waals surface area contributed by atoms with E-state index in [-0.39, 0.29) is 23.2 Å². The second kappa shape index (κ2) is 3.62. The van der Waals surface area contributed by atoms with Gasteiger partial charge in [-0.05, 0) is 43.6 Å². The SMILES string of the molecule is C/C=C/C(=O)N1CS(=O)(=O)C23CCC(CC12)C3(C)C. The third-order valence-corrected chi connectivity index (χ3v) is 8.58. The van der Waals surface area contributed by atoms with E-state index in [2.05, 4.69) is 13.8 Å². The smallest absolute Gasteiger partial charge is 0.247 e. The molecule has 2 aliphatic carbocycles. The van der Waals surface area contributed by atoms with Crippen LogP contribution in [0.1, 0.15) is 40.0 Å². The average molecular weight is 283 g/mol. The van der Waals surface area contributed by atoms with Crippen LogP contribution in [0.2, 0.25) is 0 Å². The number of fused-ring (bicyclic) bond motifs is 1. The van der Waals surface area contributed by atoms with E-state index in [4.69, 9.17) is 0 Å². The van der Waals surface area contributed by atoms with Gasteiger partial charge >= 0.3 is 0 Å². The maximum absolute atomic E-state index is 12.7. The molecule has 19 heavy (non-hydrogen) atoms. The minimum atomic E-state index is -3.24. The van der Waals surface area contributed by atoms with Crippen LogP contribution in [0.5, 0.6) is 0 Å². The lowest BCUT2D eigenvalue weighted by atomic mass is 9.80. The van der Waals surface area contributed by atoms with E-state index < -0.39 is 14.6 Å². The molecular weight excluding hydrogens is 262 g/mol. The highest BCUT2D eigenvalue weighted by Crippen LogP contribution is 2.67. The van der Waals surface area contributed by atoms with Crippen molar-refractivity contribution < 1.29 is 13.2 Å². The second-order valence-corrected chi connectivity index (χ2v) is 8.87. The van der Waals surface area contributed by atoms with Gasteiger partial charge in [0.2, 0.25) is 5.91 Å². The van der Waals surface area contributed by atoms with Crippen molar-refractivity contribution in [1.29, 1.82) is 0 Å².